The molecule has 0 amide bonds. The summed E-state index contributed by atoms with van der Waals surface area (Å²) in [5.74, 6) is 0.915. The van der Waals surface area contributed by atoms with Gasteiger partial charge >= 0.3 is 0 Å². The van der Waals surface area contributed by atoms with E-state index >= 15 is 0 Å². The molecule has 0 unspecified atom stereocenters. The van der Waals surface area contributed by atoms with Crippen LogP contribution >= 0.6 is 0 Å². The number of ether oxygens (including phenoxy) is 1. The number of nitrogens with zero attached hydrogens (tertiary/aromatic N) is 1. The Hall–Kier alpha value is -1.75. The third-order valence-electron chi connectivity index (χ3n) is 3.39. The summed E-state index contributed by atoms with van der Waals surface area (Å²) in [6.07, 6.45) is 2.41. The molecule has 1 aromatic rings. The molecule has 1 aliphatic rings. The van der Waals surface area contributed by atoms with Crippen molar-refractivity contribution in [2.45, 2.75) is 31.8 Å². The van der Waals surface area contributed by atoms with Gasteiger partial charge < -0.3 is 21.0 Å². The van der Waals surface area contributed by atoms with E-state index in [1.54, 1.807) is 13.2 Å². The molecule has 0 saturated heterocycles. The van der Waals surface area contributed by atoms with Gasteiger partial charge in [-0.05, 0) is 38.0 Å². The smallest absolute Gasteiger partial charge is 0.170 e. The molecule has 98 valence electrons. The summed E-state index contributed by atoms with van der Waals surface area (Å²) >= 11 is 0. The number of nitrogens with one attached hydrogen (secondary N) is 1. The highest BCUT2D eigenvalue weighted by atomic mass is 16.5. The van der Waals surface area contributed by atoms with Crippen LogP contribution < -0.4 is 15.8 Å². The lowest BCUT2D eigenvalue weighted by molar-refractivity contribution is 0.318. The van der Waals surface area contributed by atoms with Crippen molar-refractivity contribution in [1.82, 2.24) is 5.32 Å². The first kappa shape index (κ1) is 12.7. The number of rotatable bonds is 5. The molecular formula is C13H19N3O2. The highest BCUT2D eigenvalue weighted by Gasteiger charge is 2.36. The highest BCUT2D eigenvalue weighted by molar-refractivity contribution is 5.97. The van der Waals surface area contributed by atoms with E-state index in [1.165, 1.54) is 12.8 Å². The number of amidine groups is 1. The Morgan fingerprint density at radius 3 is 2.83 bits per heavy atom. The van der Waals surface area contributed by atoms with Crippen molar-refractivity contribution >= 4 is 5.84 Å². The first-order valence-corrected chi connectivity index (χ1v) is 5.98. The summed E-state index contributed by atoms with van der Waals surface area (Å²) in [4.78, 5) is 0. The first-order chi connectivity index (χ1) is 8.58. The number of methoxy groups -OCH3 is 1. The van der Waals surface area contributed by atoms with Gasteiger partial charge in [-0.25, -0.2) is 0 Å². The van der Waals surface area contributed by atoms with E-state index < -0.39 is 0 Å². The molecule has 0 aromatic heterocycles. The van der Waals surface area contributed by atoms with Gasteiger partial charge in [-0.3, -0.25) is 0 Å². The van der Waals surface area contributed by atoms with Crippen LogP contribution in [-0.2, 0) is 6.54 Å². The van der Waals surface area contributed by atoms with Crippen molar-refractivity contribution < 1.29 is 9.94 Å². The summed E-state index contributed by atoms with van der Waals surface area (Å²) in [7, 11) is 1.64. The average molecular weight is 249 g/mol. The van der Waals surface area contributed by atoms with Gasteiger partial charge in [0.05, 0.1) is 7.11 Å². The van der Waals surface area contributed by atoms with E-state index in [0.717, 1.165) is 11.3 Å². The predicted molar refractivity (Wildman–Crippen MR) is 70.0 cm³/mol. The van der Waals surface area contributed by atoms with Crippen molar-refractivity contribution in [3.05, 3.63) is 29.3 Å². The van der Waals surface area contributed by atoms with Crippen LogP contribution in [0.3, 0.4) is 0 Å². The van der Waals surface area contributed by atoms with E-state index in [4.69, 9.17) is 15.7 Å². The fourth-order valence-electron chi connectivity index (χ4n) is 1.81. The summed E-state index contributed by atoms with van der Waals surface area (Å²) in [5.41, 5.74) is 7.55. The molecule has 2 rings (SSSR count). The third-order valence-corrected chi connectivity index (χ3v) is 3.39. The molecule has 0 aliphatic heterocycles. The van der Waals surface area contributed by atoms with Gasteiger partial charge in [0.2, 0.25) is 0 Å². The van der Waals surface area contributed by atoms with Crippen molar-refractivity contribution in [2.24, 2.45) is 10.9 Å². The molecule has 5 nitrogen and oxygen atoms in total. The lowest BCUT2D eigenvalue weighted by Crippen LogP contribution is -2.27. The SMILES string of the molecule is COc1ccc(/C(N)=N/O)cc1CNC1(C)CC1. The fourth-order valence-corrected chi connectivity index (χ4v) is 1.81. The molecule has 0 atom stereocenters. The van der Waals surface area contributed by atoms with Crippen LogP contribution in [0.25, 0.3) is 0 Å². The number of hydrogen-bond acceptors (Lipinski definition) is 4. The topological polar surface area (TPSA) is 79.9 Å². The van der Waals surface area contributed by atoms with Gasteiger partial charge in [-0.2, -0.15) is 0 Å². The Morgan fingerprint density at radius 2 is 2.28 bits per heavy atom. The van der Waals surface area contributed by atoms with E-state index in [1.807, 2.05) is 12.1 Å². The van der Waals surface area contributed by atoms with Crippen molar-refractivity contribution in [3.8, 4) is 5.75 Å². The van der Waals surface area contributed by atoms with Crippen LogP contribution in [0.2, 0.25) is 0 Å². The van der Waals surface area contributed by atoms with Gasteiger partial charge in [-0.15, -0.1) is 0 Å². The van der Waals surface area contributed by atoms with Crippen LogP contribution in [0.15, 0.2) is 23.4 Å². The minimum Gasteiger partial charge on any atom is -0.496 e. The molecule has 5 heteroatoms. The van der Waals surface area contributed by atoms with Crippen LogP contribution in [0, 0.1) is 0 Å². The van der Waals surface area contributed by atoms with Crippen molar-refractivity contribution in [1.29, 1.82) is 0 Å². The Kier molecular flexibility index (Phi) is 3.43. The first-order valence-electron chi connectivity index (χ1n) is 5.98. The molecule has 0 spiro atoms. The lowest BCUT2D eigenvalue weighted by Gasteiger charge is -2.14. The second-order valence-electron chi connectivity index (χ2n) is 4.93. The average Bonchev–Trinajstić information content (AvgIpc) is 3.13. The molecule has 1 aliphatic carbocycles. The van der Waals surface area contributed by atoms with Crippen LogP contribution in [0.5, 0.6) is 5.75 Å². The van der Waals surface area contributed by atoms with Crippen LogP contribution in [-0.4, -0.2) is 23.7 Å². The summed E-state index contributed by atoms with van der Waals surface area (Å²) < 4.78 is 5.32. The fraction of sp³-hybridized carbons (Fsp3) is 0.462. The van der Waals surface area contributed by atoms with Crippen LogP contribution in [0.4, 0.5) is 0 Å². The highest BCUT2D eigenvalue weighted by Crippen LogP contribution is 2.35. The molecular weight excluding hydrogens is 230 g/mol. The normalized spacial score (nSPS) is 17.6. The molecule has 1 saturated carbocycles. The minimum absolute atomic E-state index is 0.108. The second-order valence-corrected chi connectivity index (χ2v) is 4.93. The van der Waals surface area contributed by atoms with Crippen LogP contribution in [0.1, 0.15) is 30.9 Å². The zero-order valence-corrected chi connectivity index (χ0v) is 10.7. The summed E-state index contributed by atoms with van der Waals surface area (Å²) in [6.45, 7) is 2.92. The number of benzene rings is 1. The quantitative estimate of drug-likeness (QED) is 0.319. The Morgan fingerprint density at radius 1 is 1.56 bits per heavy atom. The summed E-state index contributed by atoms with van der Waals surface area (Å²) in [6, 6.07) is 5.49. The van der Waals surface area contributed by atoms with E-state index in [2.05, 4.69) is 17.4 Å². The number of oxime groups is 1. The number of nitrogens with two attached hydrogens (primary N) is 1. The van der Waals surface area contributed by atoms with Gasteiger partial charge in [0.15, 0.2) is 5.84 Å². The molecule has 1 fully saturated rings. The Balaban J connectivity index is 2.19. The van der Waals surface area contributed by atoms with Crippen molar-refractivity contribution in [2.75, 3.05) is 7.11 Å². The second kappa shape index (κ2) is 4.86. The molecule has 1 aromatic carbocycles. The largest absolute Gasteiger partial charge is 0.496 e. The molecule has 0 radical (unpaired) electrons. The zero-order valence-electron chi connectivity index (χ0n) is 10.7. The van der Waals surface area contributed by atoms with E-state index in [-0.39, 0.29) is 11.4 Å². The molecule has 0 heterocycles. The molecule has 4 N–H and O–H groups in total. The molecule has 18 heavy (non-hydrogen) atoms. The maximum atomic E-state index is 8.69. The Bertz CT molecular complexity index is 467. The Labute approximate surface area is 107 Å². The maximum Gasteiger partial charge on any atom is 0.170 e. The van der Waals surface area contributed by atoms with Gasteiger partial charge in [0.25, 0.3) is 0 Å². The number of hydrogen-bond donors (Lipinski definition) is 3. The predicted octanol–water partition coefficient (Wildman–Crippen LogP) is 1.43. The van der Waals surface area contributed by atoms with E-state index in [0.29, 0.717) is 12.1 Å². The lowest BCUT2D eigenvalue weighted by atomic mass is 10.1. The molecule has 0 bridgehead atoms. The van der Waals surface area contributed by atoms with E-state index in [9.17, 15) is 0 Å². The minimum atomic E-state index is 0.108. The van der Waals surface area contributed by atoms with Crippen molar-refractivity contribution in [3.63, 3.8) is 0 Å². The summed E-state index contributed by atoms with van der Waals surface area (Å²) in [5, 5.41) is 15.2. The van der Waals surface area contributed by atoms with Gasteiger partial charge in [0, 0.05) is 23.2 Å². The van der Waals surface area contributed by atoms with Gasteiger partial charge in [-0.1, -0.05) is 5.16 Å². The monoisotopic (exact) mass is 249 g/mol. The van der Waals surface area contributed by atoms with Gasteiger partial charge in [0.1, 0.15) is 5.75 Å². The standard InChI is InChI=1S/C13H19N3O2/c1-13(5-6-13)15-8-10-7-9(12(14)16-17)3-4-11(10)18-2/h3-4,7,15,17H,5-6,8H2,1-2H3,(H2,14,16). The zero-order chi connectivity index (χ0) is 13.2. The third kappa shape index (κ3) is 2.73. The maximum absolute atomic E-state index is 8.69.